The number of morpholine rings is 1. The third kappa shape index (κ3) is 4.92. The molecule has 0 saturated carbocycles. The fraction of sp³-hybridized carbons (Fsp3) is 1.00. The summed E-state index contributed by atoms with van der Waals surface area (Å²) < 4.78 is 5.72. The van der Waals surface area contributed by atoms with Crippen LogP contribution in [0.1, 0.15) is 34.6 Å². The quantitative estimate of drug-likeness (QED) is 0.752. The van der Waals surface area contributed by atoms with Gasteiger partial charge in [-0.2, -0.15) is 0 Å². The Hall–Kier alpha value is -0.160. The van der Waals surface area contributed by atoms with Crippen molar-refractivity contribution < 1.29 is 9.84 Å². The minimum Gasteiger partial charge on any atom is -0.394 e. The van der Waals surface area contributed by atoms with Crippen LogP contribution in [0.5, 0.6) is 0 Å². The number of aliphatic hydroxyl groups is 1. The van der Waals surface area contributed by atoms with Gasteiger partial charge in [0.25, 0.3) is 0 Å². The molecule has 1 saturated heterocycles. The molecule has 0 aromatic carbocycles. The zero-order valence-corrected chi connectivity index (χ0v) is 11.9. The van der Waals surface area contributed by atoms with E-state index in [0.29, 0.717) is 6.04 Å². The molecule has 0 aromatic rings. The Kier molecular flexibility index (Phi) is 5.38. The number of aliphatic hydroxyl groups excluding tert-OH is 1. The molecule has 0 bridgehead atoms. The van der Waals surface area contributed by atoms with Gasteiger partial charge in [0.1, 0.15) is 0 Å². The number of hydrogen-bond acceptors (Lipinski definition) is 4. The van der Waals surface area contributed by atoms with Gasteiger partial charge in [0.2, 0.25) is 0 Å². The lowest BCUT2D eigenvalue weighted by Crippen LogP contribution is -2.59. The van der Waals surface area contributed by atoms with Crippen LogP contribution in [0, 0.1) is 0 Å². The van der Waals surface area contributed by atoms with Crippen molar-refractivity contribution in [2.45, 2.75) is 58.4 Å². The first-order valence-electron chi connectivity index (χ1n) is 6.61. The van der Waals surface area contributed by atoms with Crippen LogP contribution in [-0.2, 0) is 4.74 Å². The number of nitrogens with one attached hydrogen (secondary N) is 1. The minimum atomic E-state index is -0.231. The molecule has 4 nitrogen and oxygen atoms in total. The van der Waals surface area contributed by atoms with E-state index in [4.69, 9.17) is 4.74 Å². The van der Waals surface area contributed by atoms with Crippen molar-refractivity contribution in [3.05, 3.63) is 0 Å². The molecule has 1 unspecified atom stereocenters. The summed E-state index contributed by atoms with van der Waals surface area (Å²) in [4.78, 5) is 2.38. The molecular weight excluding hydrogens is 216 g/mol. The third-order valence-corrected chi connectivity index (χ3v) is 3.05. The molecule has 0 spiro atoms. The molecule has 1 fully saturated rings. The fourth-order valence-corrected chi connectivity index (χ4v) is 2.75. The van der Waals surface area contributed by atoms with Crippen LogP contribution in [-0.4, -0.2) is 60.0 Å². The van der Waals surface area contributed by atoms with Gasteiger partial charge in [-0.05, 0) is 20.8 Å². The van der Waals surface area contributed by atoms with E-state index in [1.54, 1.807) is 0 Å². The number of ether oxygens (including phenoxy) is 1. The summed E-state index contributed by atoms with van der Waals surface area (Å²) in [6.45, 7) is 13.4. The molecule has 2 N–H and O–H groups in total. The molecule has 1 heterocycles. The zero-order valence-electron chi connectivity index (χ0n) is 11.9. The summed E-state index contributed by atoms with van der Waals surface area (Å²) in [7, 11) is 0. The number of rotatable bonds is 5. The predicted octanol–water partition coefficient (Wildman–Crippen LogP) is 0.845. The van der Waals surface area contributed by atoms with E-state index in [-0.39, 0.29) is 24.4 Å². The normalized spacial score (nSPS) is 30.5. The van der Waals surface area contributed by atoms with Crippen LogP contribution in [0.25, 0.3) is 0 Å². The SMILES string of the molecule is CC(C)NC(C)(CO)CN1C[C@@H](C)O[C@@H](C)C1. The molecular formula is C13H28N2O2. The Labute approximate surface area is 105 Å². The largest absolute Gasteiger partial charge is 0.394 e. The Balaban J connectivity index is 2.55. The maximum absolute atomic E-state index is 9.58. The fourth-order valence-electron chi connectivity index (χ4n) is 2.75. The van der Waals surface area contributed by atoms with E-state index in [9.17, 15) is 5.11 Å². The summed E-state index contributed by atoms with van der Waals surface area (Å²) in [5.74, 6) is 0. The molecule has 3 atom stereocenters. The maximum atomic E-state index is 9.58. The standard InChI is InChI=1S/C13H28N2O2/c1-10(2)14-13(5,9-16)8-15-6-11(3)17-12(4)7-15/h10-12,14,16H,6-9H2,1-5H3/t11-,12+,13?. The monoisotopic (exact) mass is 244 g/mol. The van der Waals surface area contributed by atoms with Gasteiger partial charge in [0.15, 0.2) is 0 Å². The Morgan fingerprint density at radius 3 is 2.29 bits per heavy atom. The Bertz CT molecular complexity index is 225. The summed E-state index contributed by atoms with van der Waals surface area (Å²) in [5.41, 5.74) is -0.231. The number of hydrogen-bond donors (Lipinski definition) is 2. The van der Waals surface area contributed by atoms with Crippen molar-refractivity contribution in [3.63, 3.8) is 0 Å². The maximum Gasteiger partial charge on any atom is 0.0678 e. The van der Waals surface area contributed by atoms with E-state index in [0.717, 1.165) is 19.6 Å². The summed E-state index contributed by atoms with van der Waals surface area (Å²) in [6, 6.07) is 0.378. The second kappa shape index (κ2) is 6.14. The first-order chi connectivity index (χ1) is 7.84. The second-order valence-corrected chi connectivity index (χ2v) is 5.97. The molecule has 1 rings (SSSR count). The highest BCUT2D eigenvalue weighted by Crippen LogP contribution is 2.15. The lowest BCUT2D eigenvalue weighted by molar-refractivity contribution is -0.0760. The van der Waals surface area contributed by atoms with E-state index < -0.39 is 0 Å². The van der Waals surface area contributed by atoms with Crippen molar-refractivity contribution in [3.8, 4) is 0 Å². The highest BCUT2D eigenvalue weighted by atomic mass is 16.5. The third-order valence-electron chi connectivity index (χ3n) is 3.05. The highest BCUT2D eigenvalue weighted by Gasteiger charge is 2.30. The number of nitrogens with zero attached hydrogens (tertiary/aromatic N) is 1. The highest BCUT2D eigenvalue weighted by molar-refractivity contribution is 4.89. The topological polar surface area (TPSA) is 44.7 Å². The first kappa shape index (κ1) is 14.9. The Morgan fingerprint density at radius 1 is 1.35 bits per heavy atom. The molecule has 0 aromatic heterocycles. The zero-order chi connectivity index (χ0) is 13.1. The van der Waals surface area contributed by atoms with Gasteiger partial charge < -0.3 is 15.2 Å². The van der Waals surface area contributed by atoms with Crippen molar-refractivity contribution >= 4 is 0 Å². The van der Waals surface area contributed by atoms with Gasteiger partial charge in [-0.25, -0.2) is 0 Å². The molecule has 4 heteroatoms. The predicted molar refractivity (Wildman–Crippen MR) is 70.2 cm³/mol. The van der Waals surface area contributed by atoms with E-state index in [1.807, 2.05) is 0 Å². The van der Waals surface area contributed by atoms with Gasteiger partial charge in [-0.1, -0.05) is 13.8 Å². The van der Waals surface area contributed by atoms with Crippen LogP contribution in [0.4, 0.5) is 0 Å². The lowest BCUT2D eigenvalue weighted by Gasteiger charge is -2.41. The lowest BCUT2D eigenvalue weighted by atomic mass is 10.0. The van der Waals surface area contributed by atoms with Gasteiger partial charge in [-0.15, -0.1) is 0 Å². The van der Waals surface area contributed by atoms with Crippen LogP contribution in [0.2, 0.25) is 0 Å². The average molecular weight is 244 g/mol. The van der Waals surface area contributed by atoms with Crippen LogP contribution in [0.3, 0.4) is 0 Å². The van der Waals surface area contributed by atoms with Crippen LogP contribution in [0.15, 0.2) is 0 Å². The van der Waals surface area contributed by atoms with E-state index in [1.165, 1.54) is 0 Å². The van der Waals surface area contributed by atoms with Crippen LogP contribution >= 0.6 is 0 Å². The van der Waals surface area contributed by atoms with Crippen molar-refractivity contribution in [2.24, 2.45) is 0 Å². The molecule has 0 radical (unpaired) electrons. The second-order valence-electron chi connectivity index (χ2n) is 5.97. The van der Waals surface area contributed by atoms with Crippen molar-refractivity contribution in [1.29, 1.82) is 0 Å². The molecule has 0 aliphatic carbocycles. The summed E-state index contributed by atoms with van der Waals surface area (Å²) >= 11 is 0. The average Bonchev–Trinajstić information content (AvgIpc) is 2.14. The molecule has 102 valence electrons. The molecule has 1 aliphatic heterocycles. The van der Waals surface area contributed by atoms with Gasteiger partial charge in [0.05, 0.1) is 24.4 Å². The van der Waals surface area contributed by atoms with Gasteiger partial charge >= 0.3 is 0 Å². The summed E-state index contributed by atoms with van der Waals surface area (Å²) in [5, 5.41) is 13.0. The summed E-state index contributed by atoms with van der Waals surface area (Å²) in [6.07, 6.45) is 0.557. The van der Waals surface area contributed by atoms with Crippen molar-refractivity contribution in [1.82, 2.24) is 10.2 Å². The molecule has 1 aliphatic rings. The van der Waals surface area contributed by atoms with E-state index in [2.05, 4.69) is 44.8 Å². The van der Waals surface area contributed by atoms with E-state index >= 15 is 0 Å². The molecule has 17 heavy (non-hydrogen) atoms. The smallest absolute Gasteiger partial charge is 0.0678 e. The first-order valence-corrected chi connectivity index (χ1v) is 6.61. The minimum absolute atomic E-state index is 0.158. The van der Waals surface area contributed by atoms with Gasteiger partial charge in [0, 0.05) is 25.7 Å². The van der Waals surface area contributed by atoms with Crippen LogP contribution < -0.4 is 5.32 Å². The van der Waals surface area contributed by atoms with Gasteiger partial charge in [-0.3, -0.25) is 4.90 Å². The van der Waals surface area contributed by atoms with Crippen molar-refractivity contribution in [2.75, 3.05) is 26.2 Å². The Morgan fingerprint density at radius 2 is 1.88 bits per heavy atom. The molecule has 0 amide bonds.